The molecule has 1 aliphatic carbocycles. The van der Waals surface area contributed by atoms with E-state index in [-0.39, 0.29) is 18.4 Å². The van der Waals surface area contributed by atoms with Crippen LogP contribution in [0.25, 0.3) is 0 Å². The van der Waals surface area contributed by atoms with Crippen LogP contribution in [0.4, 0.5) is 0 Å². The molecule has 0 spiro atoms. The number of hydrogen-bond donors (Lipinski definition) is 2. The molecule has 2 amide bonds. The monoisotopic (exact) mass is 632 g/mol. The zero-order chi connectivity index (χ0) is 32.1. The average Bonchev–Trinajstić information content (AvgIpc) is 3.00. The van der Waals surface area contributed by atoms with Crippen LogP contribution in [0, 0.1) is 0 Å². The molecule has 0 radical (unpaired) electrons. The first-order valence-electron chi connectivity index (χ1n) is 15.6. The molecule has 3 aromatic carbocycles. The lowest BCUT2D eigenvalue weighted by Crippen LogP contribution is -2.55. The smallest absolute Gasteiger partial charge is 0.344 e. The van der Waals surface area contributed by atoms with Crippen LogP contribution in [0.3, 0.4) is 0 Å². The van der Waals surface area contributed by atoms with E-state index in [0.717, 1.165) is 24.0 Å². The maximum atomic E-state index is 14.2. The SMILES string of the molecule is CC(C)(C)OC(=O)COc1ccccc1CCNC(=O)[C@@H]1c2ccccc2C(=O)N([C@H]2CCCC[C@@H]2O)[C@H]1c1ccc(Cl)cc1. The number of ether oxygens (including phenoxy) is 2. The van der Waals surface area contributed by atoms with E-state index >= 15 is 0 Å². The maximum Gasteiger partial charge on any atom is 0.344 e. The number of para-hydroxylation sites is 1. The topological polar surface area (TPSA) is 105 Å². The Morgan fingerprint density at radius 3 is 2.40 bits per heavy atom. The van der Waals surface area contributed by atoms with Crippen LogP contribution < -0.4 is 10.1 Å². The van der Waals surface area contributed by atoms with Crippen molar-refractivity contribution in [1.29, 1.82) is 0 Å². The van der Waals surface area contributed by atoms with Crippen molar-refractivity contribution in [2.75, 3.05) is 13.2 Å². The van der Waals surface area contributed by atoms with Crippen LogP contribution in [-0.2, 0) is 20.7 Å². The number of carbonyl (C=O) groups is 3. The zero-order valence-electron chi connectivity index (χ0n) is 26.0. The van der Waals surface area contributed by atoms with E-state index in [1.807, 2.05) is 42.5 Å². The number of carbonyl (C=O) groups excluding carboxylic acids is 3. The molecule has 2 aliphatic rings. The Balaban J connectivity index is 1.40. The number of aliphatic hydroxyl groups excluding tert-OH is 1. The second kappa shape index (κ2) is 14.0. The minimum Gasteiger partial charge on any atom is -0.482 e. The second-order valence-corrected chi connectivity index (χ2v) is 13.2. The third-order valence-corrected chi connectivity index (χ3v) is 8.61. The fourth-order valence-electron chi connectivity index (χ4n) is 6.42. The first-order chi connectivity index (χ1) is 21.5. The second-order valence-electron chi connectivity index (χ2n) is 12.7. The molecule has 1 saturated carbocycles. The number of esters is 1. The van der Waals surface area contributed by atoms with Gasteiger partial charge in [-0.3, -0.25) is 9.59 Å². The van der Waals surface area contributed by atoms with Gasteiger partial charge in [-0.25, -0.2) is 4.79 Å². The summed E-state index contributed by atoms with van der Waals surface area (Å²) in [7, 11) is 0. The van der Waals surface area contributed by atoms with Gasteiger partial charge < -0.3 is 24.8 Å². The molecule has 3 aromatic rings. The molecule has 2 N–H and O–H groups in total. The van der Waals surface area contributed by atoms with Crippen LogP contribution in [0.15, 0.2) is 72.8 Å². The lowest BCUT2D eigenvalue weighted by Gasteiger charge is -2.48. The first kappa shape index (κ1) is 32.5. The molecular weight excluding hydrogens is 592 g/mol. The van der Waals surface area contributed by atoms with E-state index in [9.17, 15) is 19.5 Å². The number of hydrogen-bond acceptors (Lipinski definition) is 6. The van der Waals surface area contributed by atoms with Gasteiger partial charge in [0.25, 0.3) is 5.91 Å². The number of amides is 2. The van der Waals surface area contributed by atoms with Gasteiger partial charge in [0.1, 0.15) is 11.4 Å². The van der Waals surface area contributed by atoms with Crippen molar-refractivity contribution in [3.05, 3.63) is 100 Å². The summed E-state index contributed by atoms with van der Waals surface area (Å²) < 4.78 is 11.1. The van der Waals surface area contributed by atoms with Crippen molar-refractivity contribution in [3.63, 3.8) is 0 Å². The summed E-state index contributed by atoms with van der Waals surface area (Å²) in [6.07, 6.45) is 2.84. The van der Waals surface area contributed by atoms with Gasteiger partial charge in [0.05, 0.1) is 24.1 Å². The minimum absolute atomic E-state index is 0.184. The molecule has 0 saturated heterocycles. The number of aliphatic hydroxyl groups is 1. The molecule has 45 heavy (non-hydrogen) atoms. The highest BCUT2D eigenvalue weighted by molar-refractivity contribution is 6.30. The molecule has 1 heterocycles. The van der Waals surface area contributed by atoms with E-state index < -0.39 is 35.7 Å². The molecule has 1 fully saturated rings. The van der Waals surface area contributed by atoms with E-state index in [1.165, 1.54) is 0 Å². The Morgan fingerprint density at radius 1 is 0.978 bits per heavy atom. The van der Waals surface area contributed by atoms with Gasteiger partial charge in [0.2, 0.25) is 5.91 Å². The van der Waals surface area contributed by atoms with E-state index in [0.29, 0.717) is 47.7 Å². The van der Waals surface area contributed by atoms with Crippen LogP contribution >= 0.6 is 11.6 Å². The minimum atomic E-state index is -0.715. The first-order valence-corrected chi connectivity index (χ1v) is 16.0. The summed E-state index contributed by atoms with van der Waals surface area (Å²) in [4.78, 5) is 42.3. The van der Waals surface area contributed by atoms with Gasteiger partial charge in [-0.15, -0.1) is 0 Å². The van der Waals surface area contributed by atoms with Crippen molar-refractivity contribution in [1.82, 2.24) is 10.2 Å². The van der Waals surface area contributed by atoms with Crippen molar-refractivity contribution in [3.8, 4) is 5.75 Å². The molecule has 1 aliphatic heterocycles. The largest absolute Gasteiger partial charge is 0.482 e. The summed E-state index contributed by atoms with van der Waals surface area (Å²) >= 11 is 6.24. The molecule has 5 rings (SSSR count). The number of benzene rings is 3. The maximum absolute atomic E-state index is 14.2. The van der Waals surface area contributed by atoms with Crippen LogP contribution in [0.1, 0.15) is 85.5 Å². The van der Waals surface area contributed by atoms with Gasteiger partial charge >= 0.3 is 5.97 Å². The number of fused-ring (bicyclic) bond motifs is 1. The lowest BCUT2D eigenvalue weighted by atomic mass is 9.76. The predicted octanol–water partition coefficient (Wildman–Crippen LogP) is 6.00. The van der Waals surface area contributed by atoms with E-state index in [4.69, 9.17) is 21.1 Å². The predicted molar refractivity (Wildman–Crippen MR) is 172 cm³/mol. The highest BCUT2D eigenvalue weighted by atomic mass is 35.5. The van der Waals surface area contributed by atoms with Crippen molar-refractivity contribution >= 4 is 29.4 Å². The summed E-state index contributed by atoms with van der Waals surface area (Å²) in [5.74, 6) is -1.04. The Bertz CT molecular complexity index is 1520. The fraction of sp³-hybridized carbons (Fsp3) is 0.417. The van der Waals surface area contributed by atoms with Gasteiger partial charge in [-0.2, -0.15) is 0 Å². The Labute approximate surface area is 269 Å². The lowest BCUT2D eigenvalue weighted by molar-refractivity contribution is -0.157. The Hall–Kier alpha value is -3.88. The van der Waals surface area contributed by atoms with E-state index in [2.05, 4.69) is 5.32 Å². The molecule has 0 bridgehead atoms. The van der Waals surface area contributed by atoms with Crippen LogP contribution in [0.2, 0.25) is 5.02 Å². The summed E-state index contributed by atoms with van der Waals surface area (Å²) in [6, 6.07) is 20.8. The van der Waals surface area contributed by atoms with Crippen molar-refractivity contribution in [2.24, 2.45) is 0 Å². The number of halogens is 1. The Morgan fingerprint density at radius 2 is 1.67 bits per heavy atom. The third kappa shape index (κ3) is 7.68. The molecule has 4 atom stereocenters. The Kier molecular flexibility index (Phi) is 10.1. The average molecular weight is 633 g/mol. The molecular formula is C36H41ClN2O6. The number of rotatable bonds is 9. The fourth-order valence-corrected chi connectivity index (χ4v) is 6.54. The van der Waals surface area contributed by atoms with Crippen molar-refractivity contribution < 1.29 is 29.0 Å². The standard InChI is InChI=1S/C36H41ClN2O6/c1-36(2,3)45-31(41)22-44-30-15-9-4-10-23(30)20-21-38-34(42)32-26-11-5-6-12-27(26)35(43)39(28-13-7-8-14-29(28)40)33(32)24-16-18-25(37)19-17-24/h4-6,9-12,15-19,28-29,32-33,40H,7-8,13-14,20-22H2,1-3H3,(H,38,42)/t28-,29-,32+,33-/m0/s1. The molecule has 9 heteroatoms. The van der Waals surface area contributed by atoms with Crippen LogP contribution in [-0.4, -0.2) is 58.7 Å². The molecule has 8 nitrogen and oxygen atoms in total. The number of nitrogens with one attached hydrogen (secondary N) is 1. The van der Waals surface area contributed by atoms with Gasteiger partial charge in [0, 0.05) is 17.1 Å². The third-order valence-electron chi connectivity index (χ3n) is 8.35. The highest BCUT2D eigenvalue weighted by Gasteiger charge is 2.48. The normalized spacial score (nSPS) is 21.5. The van der Waals surface area contributed by atoms with Gasteiger partial charge in [0.15, 0.2) is 6.61 Å². The molecule has 238 valence electrons. The summed E-state index contributed by atoms with van der Waals surface area (Å²) in [5, 5.41) is 14.8. The molecule has 0 unspecified atom stereocenters. The van der Waals surface area contributed by atoms with Gasteiger partial charge in [-0.1, -0.05) is 73.0 Å². The summed E-state index contributed by atoms with van der Waals surface area (Å²) in [6.45, 7) is 5.49. The van der Waals surface area contributed by atoms with Crippen molar-refractivity contribution in [2.45, 2.75) is 82.6 Å². The van der Waals surface area contributed by atoms with Gasteiger partial charge in [-0.05, 0) is 81.0 Å². The summed E-state index contributed by atoms with van der Waals surface area (Å²) in [5.41, 5.74) is 2.13. The zero-order valence-corrected chi connectivity index (χ0v) is 26.8. The highest BCUT2D eigenvalue weighted by Crippen LogP contribution is 2.46. The quantitative estimate of drug-likeness (QED) is 0.280. The van der Waals surface area contributed by atoms with Crippen LogP contribution in [0.5, 0.6) is 5.75 Å². The van der Waals surface area contributed by atoms with E-state index in [1.54, 1.807) is 56.0 Å². The molecule has 0 aromatic heterocycles. The number of nitrogens with zero attached hydrogens (tertiary/aromatic N) is 1.